The van der Waals surface area contributed by atoms with Gasteiger partial charge in [0.25, 0.3) is 0 Å². The zero-order valence-corrected chi connectivity index (χ0v) is 12.7. The quantitative estimate of drug-likeness (QED) is 0.925. The topological polar surface area (TPSA) is 62.1 Å². The second-order valence-electron chi connectivity index (χ2n) is 5.89. The van der Waals surface area contributed by atoms with E-state index < -0.39 is 5.41 Å². The molecule has 0 atom stereocenters. The SMILES string of the molecule is CC(C)c1ccc(CNC(=O)C2(C#N)CCOCC2)cc1. The van der Waals surface area contributed by atoms with Crippen molar-refractivity contribution in [3.05, 3.63) is 35.4 Å². The number of ether oxygens (including phenoxy) is 1. The second kappa shape index (κ2) is 6.73. The summed E-state index contributed by atoms with van der Waals surface area (Å²) in [4.78, 5) is 12.3. The third-order valence-electron chi connectivity index (χ3n) is 4.09. The monoisotopic (exact) mass is 286 g/mol. The number of benzene rings is 1. The summed E-state index contributed by atoms with van der Waals surface area (Å²) in [5.41, 5.74) is 1.41. The number of rotatable bonds is 4. The minimum absolute atomic E-state index is 0.179. The molecule has 0 aromatic heterocycles. The molecule has 1 heterocycles. The molecular formula is C17H22N2O2. The summed E-state index contributed by atoms with van der Waals surface area (Å²) in [6.45, 7) is 5.72. The summed E-state index contributed by atoms with van der Waals surface area (Å²) in [6.07, 6.45) is 0.948. The van der Waals surface area contributed by atoms with Crippen molar-refractivity contribution >= 4 is 5.91 Å². The molecule has 0 radical (unpaired) electrons. The molecule has 0 bridgehead atoms. The molecule has 2 rings (SSSR count). The molecule has 1 fully saturated rings. The number of nitrogens with one attached hydrogen (secondary N) is 1. The van der Waals surface area contributed by atoms with E-state index >= 15 is 0 Å². The van der Waals surface area contributed by atoms with Crippen molar-refractivity contribution in [3.8, 4) is 6.07 Å². The molecule has 4 heteroatoms. The fourth-order valence-electron chi connectivity index (χ4n) is 2.48. The normalized spacial score (nSPS) is 17.2. The molecule has 0 unspecified atom stereocenters. The van der Waals surface area contributed by atoms with Gasteiger partial charge in [0.2, 0.25) is 5.91 Å². The Hall–Kier alpha value is -1.86. The van der Waals surface area contributed by atoms with Crippen LogP contribution >= 0.6 is 0 Å². The number of hydrogen-bond acceptors (Lipinski definition) is 3. The van der Waals surface area contributed by atoms with Crippen molar-refractivity contribution in [3.63, 3.8) is 0 Å². The molecule has 21 heavy (non-hydrogen) atoms. The Balaban J connectivity index is 1.95. The van der Waals surface area contributed by atoms with Gasteiger partial charge in [0.1, 0.15) is 5.41 Å². The van der Waals surface area contributed by atoms with Crippen LogP contribution in [0.1, 0.15) is 43.7 Å². The van der Waals surface area contributed by atoms with Crippen LogP contribution in [-0.2, 0) is 16.1 Å². The van der Waals surface area contributed by atoms with Crippen LogP contribution in [0.15, 0.2) is 24.3 Å². The molecule has 1 aromatic carbocycles. The standard InChI is InChI=1S/C17H22N2O2/c1-13(2)15-5-3-14(4-6-15)11-19-16(20)17(12-18)7-9-21-10-8-17/h3-6,13H,7-11H2,1-2H3,(H,19,20). The van der Waals surface area contributed by atoms with E-state index in [0.717, 1.165) is 5.56 Å². The lowest BCUT2D eigenvalue weighted by Gasteiger charge is -2.29. The Kier molecular flexibility index (Phi) is 4.98. The molecule has 1 aliphatic rings. The lowest BCUT2D eigenvalue weighted by molar-refractivity contribution is -0.132. The highest BCUT2D eigenvalue weighted by Crippen LogP contribution is 2.29. The number of nitrogens with zero attached hydrogens (tertiary/aromatic N) is 1. The zero-order valence-electron chi connectivity index (χ0n) is 12.7. The summed E-state index contributed by atoms with van der Waals surface area (Å²) >= 11 is 0. The smallest absolute Gasteiger partial charge is 0.240 e. The lowest BCUT2D eigenvalue weighted by atomic mass is 9.81. The molecule has 0 aliphatic carbocycles. The number of amides is 1. The van der Waals surface area contributed by atoms with Crippen molar-refractivity contribution in [2.24, 2.45) is 5.41 Å². The van der Waals surface area contributed by atoms with E-state index in [0.29, 0.717) is 38.5 Å². The zero-order chi connectivity index (χ0) is 15.3. The fraction of sp³-hybridized carbons (Fsp3) is 0.529. The Morgan fingerprint density at radius 3 is 2.48 bits per heavy atom. The van der Waals surface area contributed by atoms with Gasteiger partial charge in [-0.2, -0.15) is 5.26 Å². The third-order valence-corrected chi connectivity index (χ3v) is 4.09. The van der Waals surface area contributed by atoms with E-state index in [1.165, 1.54) is 5.56 Å². The van der Waals surface area contributed by atoms with Crippen LogP contribution in [0.2, 0.25) is 0 Å². The summed E-state index contributed by atoms with van der Waals surface area (Å²) < 4.78 is 5.24. The van der Waals surface area contributed by atoms with Crippen LogP contribution in [0.5, 0.6) is 0 Å². The van der Waals surface area contributed by atoms with Crippen LogP contribution in [0.4, 0.5) is 0 Å². The molecule has 1 aliphatic heterocycles. The molecule has 1 aromatic rings. The van der Waals surface area contributed by atoms with Crippen molar-refractivity contribution < 1.29 is 9.53 Å². The first kappa shape index (κ1) is 15.5. The first-order chi connectivity index (χ1) is 10.1. The molecule has 0 spiro atoms. The Bertz CT molecular complexity index is 523. The Morgan fingerprint density at radius 1 is 1.33 bits per heavy atom. The first-order valence-corrected chi connectivity index (χ1v) is 7.43. The van der Waals surface area contributed by atoms with Crippen LogP contribution in [0.3, 0.4) is 0 Å². The maximum absolute atomic E-state index is 12.3. The molecule has 1 amide bonds. The molecule has 1 saturated heterocycles. The molecular weight excluding hydrogens is 264 g/mol. The average Bonchev–Trinajstić information content (AvgIpc) is 2.53. The maximum atomic E-state index is 12.3. The van der Waals surface area contributed by atoms with Crippen molar-refractivity contribution in [1.82, 2.24) is 5.32 Å². The van der Waals surface area contributed by atoms with Gasteiger partial charge >= 0.3 is 0 Å². The molecule has 112 valence electrons. The van der Waals surface area contributed by atoms with Gasteiger partial charge in [0.15, 0.2) is 0 Å². The average molecular weight is 286 g/mol. The van der Waals surface area contributed by atoms with E-state index in [9.17, 15) is 10.1 Å². The lowest BCUT2D eigenvalue weighted by Crippen LogP contribution is -2.43. The highest BCUT2D eigenvalue weighted by atomic mass is 16.5. The second-order valence-corrected chi connectivity index (χ2v) is 5.89. The fourth-order valence-corrected chi connectivity index (χ4v) is 2.48. The van der Waals surface area contributed by atoms with Crippen LogP contribution in [0.25, 0.3) is 0 Å². The Labute approximate surface area is 126 Å². The molecule has 0 saturated carbocycles. The maximum Gasteiger partial charge on any atom is 0.240 e. The number of carbonyl (C=O) groups excluding carboxylic acids is 1. The minimum Gasteiger partial charge on any atom is -0.381 e. The van der Waals surface area contributed by atoms with Crippen LogP contribution in [-0.4, -0.2) is 19.1 Å². The van der Waals surface area contributed by atoms with E-state index in [1.54, 1.807) is 0 Å². The van der Waals surface area contributed by atoms with Crippen molar-refractivity contribution in [2.75, 3.05) is 13.2 Å². The number of carbonyl (C=O) groups is 1. The third kappa shape index (κ3) is 3.62. The first-order valence-electron chi connectivity index (χ1n) is 7.43. The number of nitriles is 1. The summed E-state index contributed by atoms with van der Waals surface area (Å²) in [7, 11) is 0. The minimum atomic E-state index is -0.921. The summed E-state index contributed by atoms with van der Waals surface area (Å²) in [6, 6.07) is 10.4. The Morgan fingerprint density at radius 2 is 1.95 bits per heavy atom. The van der Waals surface area contributed by atoms with Crippen LogP contribution < -0.4 is 5.32 Å². The van der Waals surface area contributed by atoms with Gasteiger partial charge < -0.3 is 10.1 Å². The predicted molar refractivity (Wildman–Crippen MR) is 80.5 cm³/mol. The van der Waals surface area contributed by atoms with Crippen molar-refractivity contribution in [1.29, 1.82) is 5.26 Å². The summed E-state index contributed by atoms with van der Waals surface area (Å²) in [5.74, 6) is 0.318. The van der Waals surface area contributed by atoms with Gasteiger partial charge in [-0.15, -0.1) is 0 Å². The van der Waals surface area contributed by atoms with Gasteiger partial charge in [-0.25, -0.2) is 0 Å². The van der Waals surface area contributed by atoms with Gasteiger partial charge in [-0.3, -0.25) is 4.79 Å². The van der Waals surface area contributed by atoms with E-state index in [2.05, 4.69) is 37.4 Å². The molecule has 4 nitrogen and oxygen atoms in total. The summed E-state index contributed by atoms with van der Waals surface area (Å²) in [5, 5.41) is 12.2. The van der Waals surface area contributed by atoms with Gasteiger partial charge in [-0.05, 0) is 29.9 Å². The van der Waals surface area contributed by atoms with E-state index in [1.807, 2.05) is 12.1 Å². The van der Waals surface area contributed by atoms with Crippen LogP contribution in [0, 0.1) is 16.7 Å². The van der Waals surface area contributed by atoms with Crippen molar-refractivity contribution in [2.45, 2.75) is 39.2 Å². The van der Waals surface area contributed by atoms with E-state index in [-0.39, 0.29) is 5.91 Å². The van der Waals surface area contributed by atoms with Gasteiger partial charge in [0.05, 0.1) is 6.07 Å². The predicted octanol–water partition coefficient (Wildman–Crippen LogP) is 2.75. The van der Waals surface area contributed by atoms with Gasteiger partial charge in [0, 0.05) is 19.8 Å². The molecule has 1 N–H and O–H groups in total. The number of hydrogen-bond donors (Lipinski definition) is 1. The highest BCUT2D eigenvalue weighted by Gasteiger charge is 2.40. The highest BCUT2D eigenvalue weighted by molar-refractivity contribution is 5.85. The van der Waals surface area contributed by atoms with E-state index in [4.69, 9.17) is 4.74 Å². The van der Waals surface area contributed by atoms with Gasteiger partial charge in [-0.1, -0.05) is 38.1 Å². The largest absolute Gasteiger partial charge is 0.381 e.